The number of halogens is 3. The molecule has 1 amide bonds. The van der Waals surface area contributed by atoms with Gasteiger partial charge < -0.3 is 15.5 Å². The average molecular weight is 363 g/mol. The molecule has 4 nitrogen and oxygen atoms in total. The number of anilines is 3. The van der Waals surface area contributed by atoms with Crippen molar-refractivity contribution in [3.63, 3.8) is 0 Å². The third-order valence-corrected chi connectivity index (χ3v) is 4.29. The Morgan fingerprint density at radius 3 is 2.31 bits per heavy atom. The molecule has 26 heavy (non-hydrogen) atoms. The lowest BCUT2D eigenvalue weighted by molar-refractivity contribution is -0.137. The number of carbonyl (C=O) groups is 1. The molecule has 3 rings (SSSR count). The fraction of sp³-hybridized carbons (Fsp3) is 0.316. The Morgan fingerprint density at radius 2 is 1.65 bits per heavy atom. The van der Waals surface area contributed by atoms with E-state index < -0.39 is 17.6 Å². The summed E-state index contributed by atoms with van der Waals surface area (Å²) in [5.74, 6) is -0.407. The monoisotopic (exact) mass is 363 g/mol. The summed E-state index contributed by atoms with van der Waals surface area (Å²) >= 11 is 0. The van der Waals surface area contributed by atoms with Crippen LogP contribution >= 0.6 is 0 Å². The summed E-state index contributed by atoms with van der Waals surface area (Å²) in [6, 6.07) is 12.6. The molecule has 2 aromatic rings. The molecule has 0 saturated carbocycles. The van der Waals surface area contributed by atoms with Crippen molar-refractivity contribution in [1.29, 1.82) is 0 Å². The van der Waals surface area contributed by atoms with Crippen molar-refractivity contribution in [1.82, 2.24) is 0 Å². The summed E-state index contributed by atoms with van der Waals surface area (Å²) in [7, 11) is 0. The van der Waals surface area contributed by atoms with E-state index in [1.54, 1.807) is 12.1 Å². The second-order valence-electron chi connectivity index (χ2n) is 6.19. The number of alkyl halides is 3. The highest BCUT2D eigenvalue weighted by Gasteiger charge is 2.33. The van der Waals surface area contributed by atoms with Crippen LogP contribution in [-0.2, 0) is 11.0 Å². The van der Waals surface area contributed by atoms with Crippen LogP contribution in [0, 0.1) is 0 Å². The molecule has 7 heteroatoms. The van der Waals surface area contributed by atoms with Crippen LogP contribution < -0.4 is 15.5 Å². The number of rotatable bonds is 5. The second kappa shape index (κ2) is 7.68. The van der Waals surface area contributed by atoms with Gasteiger partial charge in [-0.15, -0.1) is 0 Å². The lowest BCUT2D eigenvalue weighted by atomic mass is 10.1. The van der Waals surface area contributed by atoms with Crippen molar-refractivity contribution in [3.8, 4) is 0 Å². The number of carbonyl (C=O) groups excluding carboxylic acids is 1. The minimum Gasteiger partial charge on any atom is -0.376 e. The number of benzene rings is 2. The first kappa shape index (κ1) is 18.1. The fourth-order valence-electron chi connectivity index (χ4n) is 3.00. The molecule has 0 spiro atoms. The van der Waals surface area contributed by atoms with Crippen molar-refractivity contribution in [2.24, 2.45) is 0 Å². The van der Waals surface area contributed by atoms with E-state index >= 15 is 0 Å². The van der Waals surface area contributed by atoms with E-state index in [1.165, 1.54) is 31.0 Å². The van der Waals surface area contributed by atoms with Crippen LogP contribution in [0.4, 0.5) is 30.2 Å². The Balaban J connectivity index is 1.56. The third kappa shape index (κ3) is 4.47. The third-order valence-electron chi connectivity index (χ3n) is 4.29. The van der Waals surface area contributed by atoms with E-state index in [4.69, 9.17) is 0 Å². The van der Waals surface area contributed by atoms with Crippen LogP contribution in [0.3, 0.4) is 0 Å². The molecule has 0 aromatic heterocycles. The van der Waals surface area contributed by atoms with E-state index in [0.717, 1.165) is 24.8 Å². The van der Waals surface area contributed by atoms with Crippen molar-refractivity contribution < 1.29 is 18.0 Å². The minimum absolute atomic E-state index is 0.112. The molecular formula is C19H20F3N3O. The van der Waals surface area contributed by atoms with Gasteiger partial charge in [0.2, 0.25) is 5.91 Å². The molecule has 2 aromatic carbocycles. The van der Waals surface area contributed by atoms with Gasteiger partial charge in [0.25, 0.3) is 0 Å². The summed E-state index contributed by atoms with van der Waals surface area (Å²) in [4.78, 5) is 14.3. The van der Waals surface area contributed by atoms with Crippen molar-refractivity contribution >= 4 is 23.0 Å². The van der Waals surface area contributed by atoms with Crippen molar-refractivity contribution in [2.75, 3.05) is 35.2 Å². The van der Waals surface area contributed by atoms with Crippen LogP contribution in [0.25, 0.3) is 0 Å². The topological polar surface area (TPSA) is 44.4 Å². The number of hydrogen-bond acceptors (Lipinski definition) is 3. The summed E-state index contributed by atoms with van der Waals surface area (Å²) in [6.07, 6.45) is -2.10. The van der Waals surface area contributed by atoms with Gasteiger partial charge in [0.15, 0.2) is 0 Å². The number of amides is 1. The molecule has 1 saturated heterocycles. The van der Waals surface area contributed by atoms with Crippen LogP contribution in [0.15, 0.2) is 48.5 Å². The molecular weight excluding hydrogens is 343 g/mol. The molecule has 1 fully saturated rings. The van der Waals surface area contributed by atoms with Crippen LogP contribution in [-0.4, -0.2) is 25.5 Å². The predicted octanol–water partition coefficient (Wildman–Crippen LogP) is 4.36. The maximum atomic E-state index is 12.9. The predicted molar refractivity (Wildman–Crippen MR) is 96.5 cm³/mol. The van der Waals surface area contributed by atoms with E-state index in [2.05, 4.69) is 15.5 Å². The molecule has 0 radical (unpaired) electrons. The van der Waals surface area contributed by atoms with E-state index in [-0.39, 0.29) is 12.2 Å². The summed E-state index contributed by atoms with van der Waals surface area (Å²) in [5.41, 5.74) is 0.823. The fourth-order valence-corrected chi connectivity index (χ4v) is 3.00. The van der Waals surface area contributed by atoms with E-state index in [9.17, 15) is 18.0 Å². The maximum Gasteiger partial charge on any atom is 0.418 e. The van der Waals surface area contributed by atoms with Gasteiger partial charge in [-0.05, 0) is 49.2 Å². The second-order valence-corrected chi connectivity index (χ2v) is 6.19. The summed E-state index contributed by atoms with van der Waals surface area (Å²) in [5, 5.41) is 5.24. The standard InChI is InChI=1S/C19H20F3N3O/c20-19(21,22)16-5-1-2-6-17(16)23-13-18(26)24-14-7-9-15(10-8-14)25-11-3-4-12-25/h1-2,5-10,23H,3-4,11-13H2,(H,24,26). The highest BCUT2D eigenvalue weighted by atomic mass is 19.4. The van der Waals surface area contributed by atoms with E-state index in [0.29, 0.717) is 5.69 Å². The number of nitrogens with one attached hydrogen (secondary N) is 2. The highest BCUT2D eigenvalue weighted by Crippen LogP contribution is 2.34. The van der Waals surface area contributed by atoms with Gasteiger partial charge in [-0.1, -0.05) is 12.1 Å². The molecule has 138 valence electrons. The van der Waals surface area contributed by atoms with Gasteiger partial charge in [-0.3, -0.25) is 4.79 Å². The molecule has 1 aliphatic heterocycles. The zero-order valence-corrected chi connectivity index (χ0v) is 14.1. The van der Waals surface area contributed by atoms with Crippen LogP contribution in [0.1, 0.15) is 18.4 Å². The SMILES string of the molecule is O=C(CNc1ccccc1C(F)(F)F)Nc1ccc(N2CCCC2)cc1. The first-order valence-electron chi connectivity index (χ1n) is 8.48. The zero-order valence-electron chi connectivity index (χ0n) is 14.1. The highest BCUT2D eigenvalue weighted by molar-refractivity contribution is 5.94. The Kier molecular flexibility index (Phi) is 5.35. The molecule has 0 aliphatic carbocycles. The zero-order chi connectivity index (χ0) is 18.6. The largest absolute Gasteiger partial charge is 0.418 e. The van der Waals surface area contributed by atoms with Crippen molar-refractivity contribution in [2.45, 2.75) is 19.0 Å². The quantitative estimate of drug-likeness (QED) is 0.830. The lowest BCUT2D eigenvalue weighted by Crippen LogP contribution is -2.23. The first-order valence-corrected chi connectivity index (χ1v) is 8.48. The molecule has 0 atom stereocenters. The lowest BCUT2D eigenvalue weighted by Gasteiger charge is -2.18. The van der Waals surface area contributed by atoms with Gasteiger partial charge in [-0.25, -0.2) is 0 Å². The number of para-hydroxylation sites is 1. The van der Waals surface area contributed by atoms with Gasteiger partial charge in [-0.2, -0.15) is 13.2 Å². The molecule has 2 N–H and O–H groups in total. The average Bonchev–Trinajstić information content (AvgIpc) is 3.15. The Labute approximate surface area is 150 Å². The molecule has 1 aliphatic rings. The van der Waals surface area contributed by atoms with Gasteiger partial charge >= 0.3 is 6.18 Å². The Hall–Kier alpha value is -2.70. The smallest absolute Gasteiger partial charge is 0.376 e. The summed E-state index contributed by atoms with van der Waals surface area (Å²) in [6.45, 7) is 1.82. The number of nitrogens with zero attached hydrogens (tertiary/aromatic N) is 1. The van der Waals surface area contributed by atoms with Crippen LogP contribution in [0.2, 0.25) is 0 Å². The molecule has 0 bridgehead atoms. The van der Waals surface area contributed by atoms with Gasteiger partial charge in [0.05, 0.1) is 12.1 Å². The van der Waals surface area contributed by atoms with Crippen LogP contribution in [0.5, 0.6) is 0 Å². The Morgan fingerprint density at radius 1 is 1.00 bits per heavy atom. The van der Waals surface area contributed by atoms with Gasteiger partial charge in [0.1, 0.15) is 0 Å². The Bertz CT molecular complexity index is 753. The molecule has 0 unspecified atom stereocenters. The summed E-state index contributed by atoms with van der Waals surface area (Å²) < 4.78 is 38.8. The minimum atomic E-state index is -4.47. The van der Waals surface area contributed by atoms with E-state index in [1.807, 2.05) is 12.1 Å². The van der Waals surface area contributed by atoms with Gasteiger partial charge in [0, 0.05) is 30.2 Å². The normalized spacial score (nSPS) is 14.3. The maximum absolute atomic E-state index is 12.9. The molecule has 1 heterocycles. The first-order chi connectivity index (χ1) is 12.4. The van der Waals surface area contributed by atoms with Crippen molar-refractivity contribution in [3.05, 3.63) is 54.1 Å². The number of hydrogen-bond donors (Lipinski definition) is 2.